The lowest BCUT2D eigenvalue weighted by atomic mass is 10.0. The second-order valence-corrected chi connectivity index (χ2v) is 10.8. The Bertz CT molecular complexity index is 1310. The zero-order chi connectivity index (χ0) is 25.1. The lowest BCUT2D eigenvalue weighted by molar-refractivity contribution is -0.140. The van der Waals surface area contributed by atoms with Gasteiger partial charge in [0.25, 0.3) is 5.91 Å². The van der Waals surface area contributed by atoms with E-state index in [1.807, 2.05) is 30.5 Å². The molecule has 2 fully saturated rings. The zero-order valence-corrected chi connectivity index (χ0v) is 20.5. The molecule has 2 heterocycles. The van der Waals surface area contributed by atoms with Crippen molar-refractivity contribution in [2.45, 2.75) is 46.6 Å². The van der Waals surface area contributed by atoms with Crippen molar-refractivity contribution in [3.63, 3.8) is 0 Å². The molecule has 182 valence electrons. The number of H-pyrrole nitrogens is 1. The SMILES string of the molecule is CC1(C)C(C(=O)N(CCc2c[nH]c3ccccc23)C2CC(=O)N(c3ccc(F)cc3)C2=O)C1(C)C. The van der Waals surface area contributed by atoms with Crippen LogP contribution in [0.1, 0.15) is 39.7 Å². The number of carbonyl (C=O) groups is 3. The highest BCUT2D eigenvalue weighted by Crippen LogP contribution is 2.69. The molecule has 6 nitrogen and oxygen atoms in total. The summed E-state index contributed by atoms with van der Waals surface area (Å²) >= 11 is 0. The molecule has 5 rings (SSSR count). The number of imide groups is 1. The Morgan fingerprint density at radius 3 is 2.37 bits per heavy atom. The number of aromatic nitrogens is 1. The summed E-state index contributed by atoms with van der Waals surface area (Å²) in [5.74, 6) is -1.60. The quantitative estimate of drug-likeness (QED) is 0.526. The summed E-state index contributed by atoms with van der Waals surface area (Å²) in [5.41, 5.74) is 1.98. The van der Waals surface area contributed by atoms with Crippen LogP contribution < -0.4 is 4.90 Å². The van der Waals surface area contributed by atoms with Gasteiger partial charge in [-0.1, -0.05) is 45.9 Å². The fourth-order valence-corrected chi connectivity index (χ4v) is 5.70. The Morgan fingerprint density at radius 1 is 1.06 bits per heavy atom. The number of fused-ring (bicyclic) bond motifs is 1. The number of carbonyl (C=O) groups excluding carboxylic acids is 3. The number of nitrogens with zero attached hydrogens (tertiary/aromatic N) is 2. The van der Waals surface area contributed by atoms with Gasteiger partial charge in [-0.05, 0) is 53.1 Å². The van der Waals surface area contributed by atoms with Crippen LogP contribution in [-0.4, -0.2) is 40.2 Å². The van der Waals surface area contributed by atoms with Crippen molar-refractivity contribution < 1.29 is 18.8 Å². The van der Waals surface area contributed by atoms with Gasteiger partial charge in [-0.2, -0.15) is 0 Å². The van der Waals surface area contributed by atoms with Crippen LogP contribution in [0.4, 0.5) is 10.1 Å². The first kappa shape index (κ1) is 23.3. The molecule has 0 radical (unpaired) electrons. The molecule has 1 aromatic heterocycles. The van der Waals surface area contributed by atoms with Crippen LogP contribution in [0.5, 0.6) is 0 Å². The second-order valence-electron chi connectivity index (χ2n) is 10.8. The number of halogens is 1. The largest absolute Gasteiger partial charge is 0.361 e. The molecule has 1 saturated heterocycles. The molecule has 0 bridgehead atoms. The number of rotatable bonds is 6. The van der Waals surface area contributed by atoms with Crippen LogP contribution in [0.3, 0.4) is 0 Å². The van der Waals surface area contributed by atoms with Crippen LogP contribution in [0.15, 0.2) is 54.7 Å². The molecular weight excluding hydrogens is 445 g/mol. The van der Waals surface area contributed by atoms with Gasteiger partial charge < -0.3 is 9.88 Å². The maximum Gasteiger partial charge on any atom is 0.257 e. The average molecular weight is 476 g/mol. The van der Waals surface area contributed by atoms with Crippen molar-refractivity contribution in [3.05, 3.63) is 66.1 Å². The lowest BCUT2D eigenvalue weighted by Crippen LogP contribution is -2.47. The summed E-state index contributed by atoms with van der Waals surface area (Å²) in [7, 11) is 0. The van der Waals surface area contributed by atoms with E-state index in [1.165, 1.54) is 24.3 Å². The van der Waals surface area contributed by atoms with E-state index in [0.717, 1.165) is 21.4 Å². The molecule has 7 heteroatoms. The van der Waals surface area contributed by atoms with Crippen molar-refractivity contribution in [1.29, 1.82) is 0 Å². The minimum Gasteiger partial charge on any atom is -0.361 e. The maximum absolute atomic E-state index is 13.9. The van der Waals surface area contributed by atoms with E-state index in [0.29, 0.717) is 18.7 Å². The van der Waals surface area contributed by atoms with Gasteiger partial charge in [0.2, 0.25) is 11.8 Å². The Balaban J connectivity index is 1.45. The molecular formula is C28H30FN3O3. The summed E-state index contributed by atoms with van der Waals surface area (Å²) in [4.78, 5) is 46.3. The number of anilines is 1. The second kappa shape index (κ2) is 8.04. The molecule has 2 aromatic carbocycles. The predicted molar refractivity (Wildman–Crippen MR) is 132 cm³/mol. The number of amides is 3. The molecule has 1 unspecified atom stereocenters. The highest BCUT2D eigenvalue weighted by molar-refractivity contribution is 6.23. The van der Waals surface area contributed by atoms with E-state index in [1.54, 1.807) is 4.90 Å². The van der Waals surface area contributed by atoms with Crippen molar-refractivity contribution in [1.82, 2.24) is 9.88 Å². The summed E-state index contributed by atoms with van der Waals surface area (Å²) in [6.45, 7) is 8.60. The first-order valence-electron chi connectivity index (χ1n) is 12.0. The fourth-order valence-electron chi connectivity index (χ4n) is 5.70. The molecule has 3 aromatic rings. The van der Waals surface area contributed by atoms with E-state index in [4.69, 9.17) is 0 Å². The van der Waals surface area contributed by atoms with Crippen LogP contribution in [0.2, 0.25) is 0 Å². The molecule has 1 atom stereocenters. The minimum absolute atomic E-state index is 0.0799. The minimum atomic E-state index is -0.877. The van der Waals surface area contributed by atoms with Crippen molar-refractivity contribution in [2.24, 2.45) is 16.7 Å². The van der Waals surface area contributed by atoms with Crippen molar-refractivity contribution in [3.8, 4) is 0 Å². The lowest BCUT2D eigenvalue weighted by Gasteiger charge is -2.28. The van der Waals surface area contributed by atoms with Gasteiger partial charge in [-0.25, -0.2) is 9.29 Å². The van der Waals surface area contributed by atoms with Gasteiger partial charge in [0.1, 0.15) is 11.9 Å². The van der Waals surface area contributed by atoms with Crippen LogP contribution in [0.25, 0.3) is 10.9 Å². The Labute approximate surface area is 204 Å². The Morgan fingerprint density at radius 2 is 1.71 bits per heavy atom. The van der Waals surface area contributed by atoms with E-state index in [9.17, 15) is 18.8 Å². The third kappa shape index (κ3) is 3.65. The van der Waals surface area contributed by atoms with E-state index >= 15 is 0 Å². The smallest absolute Gasteiger partial charge is 0.257 e. The average Bonchev–Trinajstić information content (AvgIpc) is 3.12. The number of benzene rings is 2. The molecule has 2 aliphatic rings. The predicted octanol–water partition coefficient (Wildman–Crippen LogP) is 4.69. The first-order valence-corrected chi connectivity index (χ1v) is 12.0. The molecule has 1 N–H and O–H groups in total. The number of hydrogen-bond acceptors (Lipinski definition) is 3. The number of nitrogens with one attached hydrogen (secondary N) is 1. The summed E-state index contributed by atoms with van der Waals surface area (Å²) in [5, 5.41) is 1.08. The molecule has 1 aliphatic carbocycles. The van der Waals surface area contributed by atoms with Gasteiger partial charge in [0.05, 0.1) is 12.1 Å². The first-order chi connectivity index (χ1) is 16.5. The summed E-state index contributed by atoms with van der Waals surface area (Å²) in [6, 6.07) is 12.4. The number of hydrogen-bond donors (Lipinski definition) is 1. The molecule has 1 aliphatic heterocycles. The number of para-hydroxylation sites is 1. The third-order valence-corrected chi connectivity index (χ3v) is 8.43. The van der Waals surface area contributed by atoms with Gasteiger partial charge in [-0.15, -0.1) is 0 Å². The topological polar surface area (TPSA) is 73.5 Å². The zero-order valence-electron chi connectivity index (χ0n) is 20.5. The summed E-state index contributed by atoms with van der Waals surface area (Å²) in [6.07, 6.45) is 2.41. The van der Waals surface area contributed by atoms with Crippen LogP contribution >= 0.6 is 0 Å². The van der Waals surface area contributed by atoms with E-state index < -0.39 is 17.8 Å². The van der Waals surface area contributed by atoms with Gasteiger partial charge >= 0.3 is 0 Å². The monoisotopic (exact) mass is 475 g/mol. The van der Waals surface area contributed by atoms with Crippen molar-refractivity contribution in [2.75, 3.05) is 11.4 Å². The fraction of sp³-hybridized carbons (Fsp3) is 0.393. The van der Waals surface area contributed by atoms with Gasteiger partial charge in [0, 0.05) is 29.6 Å². The molecule has 0 spiro atoms. The van der Waals surface area contributed by atoms with Crippen LogP contribution in [-0.2, 0) is 20.8 Å². The number of aromatic amines is 1. The van der Waals surface area contributed by atoms with Gasteiger partial charge in [-0.3, -0.25) is 14.4 Å². The Kier molecular flexibility index (Phi) is 5.34. The standard InChI is InChI=1S/C28H30FN3O3/c1-27(2)24(28(27,3)4)26(35)31(14-13-17-16-30-21-8-6-5-7-20(17)21)22-15-23(33)32(25(22)34)19-11-9-18(29)10-12-19/h5-12,16,22,24,30H,13-15H2,1-4H3. The highest BCUT2D eigenvalue weighted by atomic mass is 19.1. The van der Waals surface area contributed by atoms with Gasteiger partial charge in [0.15, 0.2) is 0 Å². The van der Waals surface area contributed by atoms with E-state index in [2.05, 4.69) is 32.7 Å². The third-order valence-electron chi connectivity index (χ3n) is 8.43. The van der Waals surface area contributed by atoms with E-state index in [-0.39, 0.29) is 35.0 Å². The molecule has 3 amide bonds. The molecule has 1 saturated carbocycles. The van der Waals surface area contributed by atoms with Crippen molar-refractivity contribution >= 4 is 34.3 Å². The molecule has 35 heavy (non-hydrogen) atoms. The highest BCUT2D eigenvalue weighted by Gasteiger charge is 2.69. The van der Waals surface area contributed by atoms with Crippen LogP contribution in [0, 0.1) is 22.6 Å². The normalized spacial score (nSPS) is 21.1. The Hall–Kier alpha value is -3.48. The summed E-state index contributed by atoms with van der Waals surface area (Å²) < 4.78 is 13.4. The maximum atomic E-state index is 13.9.